The first-order chi connectivity index (χ1) is 16.3. The fourth-order valence-corrected chi connectivity index (χ4v) is 4.90. The number of aryl methyl sites for hydroxylation is 1. The second kappa shape index (κ2) is 11.9. The Balaban J connectivity index is 1.83. The van der Waals surface area contributed by atoms with Gasteiger partial charge in [0, 0.05) is 17.5 Å². The van der Waals surface area contributed by atoms with Crippen LogP contribution in [-0.4, -0.2) is 34.2 Å². The summed E-state index contributed by atoms with van der Waals surface area (Å²) in [6.45, 7) is 8.72. The normalized spacial score (nSPS) is 11.9. The molecule has 1 atom stereocenters. The molecule has 0 N–H and O–H groups in total. The number of hydrogen-bond donors (Lipinski definition) is 0. The van der Waals surface area contributed by atoms with Crippen LogP contribution in [0.15, 0.2) is 66.0 Å². The summed E-state index contributed by atoms with van der Waals surface area (Å²) < 4.78 is 13.4. The fraction of sp³-hybridized carbons (Fsp3) is 0.357. The molecule has 2 amide bonds. The minimum absolute atomic E-state index is 0.00541. The molecule has 3 rings (SSSR count). The van der Waals surface area contributed by atoms with Crippen molar-refractivity contribution in [2.45, 2.75) is 59.2 Å². The van der Waals surface area contributed by atoms with Gasteiger partial charge < -0.3 is 9.80 Å². The Hall–Kier alpha value is -2.99. The van der Waals surface area contributed by atoms with E-state index in [1.54, 1.807) is 33.3 Å². The van der Waals surface area contributed by atoms with Crippen molar-refractivity contribution in [3.8, 4) is 0 Å². The van der Waals surface area contributed by atoms with Crippen LogP contribution in [0, 0.1) is 12.7 Å². The van der Waals surface area contributed by atoms with Crippen LogP contribution in [0.1, 0.15) is 54.7 Å². The van der Waals surface area contributed by atoms with Crippen molar-refractivity contribution in [3.63, 3.8) is 0 Å². The highest BCUT2D eigenvalue weighted by atomic mass is 32.1. The van der Waals surface area contributed by atoms with Crippen LogP contribution in [0.3, 0.4) is 0 Å². The number of nitrogens with zero attached hydrogens (tertiary/aromatic N) is 2. The standard InChI is InChI=1S/C28H33FN2O2S/c1-5-25(23-9-7-6-8-10-23)28(33)31(20(2)3)19-27(32)30(18-26-21(4)15-16-34-26)17-22-11-13-24(29)14-12-22/h6-16,20,25H,5,17-19H2,1-4H3/t25-/m1/s1. The van der Waals surface area contributed by atoms with E-state index in [9.17, 15) is 14.0 Å². The fourth-order valence-electron chi connectivity index (χ4n) is 3.98. The third-order valence-electron chi connectivity index (χ3n) is 6.06. The van der Waals surface area contributed by atoms with Gasteiger partial charge in [0.15, 0.2) is 0 Å². The molecular formula is C28H33FN2O2S. The van der Waals surface area contributed by atoms with E-state index in [-0.39, 0.29) is 36.1 Å². The molecule has 180 valence electrons. The summed E-state index contributed by atoms with van der Waals surface area (Å²) in [6.07, 6.45) is 0.661. The molecule has 1 heterocycles. The Morgan fingerprint density at radius 1 is 0.971 bits per heavy atom. The predicted octanol–water partition coefficient (Wildman–Crippen LogP) is 6.16. The number of halogens is 1. The maximum atomic E-state index is 13.6. The van der Waals surface area contributed by atoms with Crippen LogP contribution in [0.5, 0.6) is 0 Å². The number of benzene rings is 2. The number of amides is 2. The molecule has 0 saturated heterocycles. The summed E-state index contributed by atoms with van der Waals surface area (Å²) >= 11 is 1.61. The molecule has 0 bridgehead atoms. The molecule has 0 saturated carbocycles. The van der Waals surface area contributed by atoms with Crippen LogP contribution < -0.4 is 0 Å². The Morgan fingerprint density at radius 2 is 1.65 bits per heavy atom. The van der Waals surface area contributed by atoms with Gasteiger partial charge in [0.05, 0.1) is 12.5 Å². The average Bonchev–Trinajstić information content (AvgIpc) is 3.23. The molecular weight excluding hydrogens is 447 g/mol. The van der Waals surface area contributed by atoms with Crippen molar-refractivity contribution >= 4 is 23.2 Å². The maximum Gasteiger partial charge on any atom is 0.242 e. The number of hydrogen-bond acceptors (Lipinski definition) is 3. The topological polar surface area (TPSA) is 40.6 Å². The Kier molecular flexibility index (Phi) is 8.99. The molecule has 2 aromatic carbocycles. The molecule has 4 nitrogen and oxygen atoms in total. The third-order valence-corrected chi connectivity index (χ3v) is 7.07. The Bertz CT molecular complexity index is 1080. The third kappa shape index (κ3) is 6.54. The van der Waals surface area contributed by atoms with Crippen molar-refractivity contribution in [1.29, 1.82) is 0 Å². The van der Waals surface area contributed by atoms with Crippen molar-refractivity contribution < 1.29 is 14.0 Å². The molecule has 34 heavy (non-hydrogen) atoms. The predicted molar refractivity (Wildman–Crippen MR) is 136 cm³/mol. The largest absolute Gasteiger partial charge is 0.332 e. The van der Waals surface area contributed by atoms with Crippen LogP contribution in [-0.2, 0) is 22.7 Å². The van der Waals surface area contributed by atoms with Gasteiger partial charge in [-0.1, -0.05) is 49.4 Å². The molecule has 6 heteroatoms. The molecule has 0 unspecified atom stereocenters. The van der Waals surface area contributed by atoms with Crippen LogP contribution in [0.4, 0.5) is 4.39 Å². The van der Waals surface area contributed by atoms with E-state index >= 15 is 0 Å². The van der Waals surface area contributed by atoms with Gasteiger partial charge in [-0.2, -0.15) is 0 Å². The summed E-state index contributed by atoms with van der Waals surface area (Å²) in [7, 11) is 0. The second-order valence-corrected chi connectivity index (χ2v) is 9.84. The Labute approximate surface area is 206 Å². The van der Waals surface area contributed by atoms with E-state index in [2.05, 4.69) is 0 Å². The maximum absolute atomic E-state index is 13.6. The highest BCUT2D eigenvalue weighted by molar-refractivity contribution is 7.10. The second-order valence-electron chi connectivity index (χ2n) is 8.83. The molecule has 0 aliphatic heterocycles. The first kappa shape index (κ1) is 25.6. The Morgan fingerprint density at radius 3 is 2.21 bits per heavy atom. The summed E-state index contributed by atoms with van der Waals surface area (Å²) in [5.41, 5.74) is 2.95. The van der Waals surface area contributed by atoms with Gasteiger partial charge in [0.1, 0.15) is 12.4 Å². The van der Waals surface area contributed by atoms with Crippen LogP contribution in [0.25, 0.3) is 0 Å². The molecule has 0 aliphatic carbocycles. The smallest absolute Gasteiger partial charge is 0.242 e. The minimum Gasteiger partial charge on any atom is -0.332 e. The highest BCUT2D eigenvalue weighted by Gasteiger charge is 2.29. The van der Waals surface area contributed by atoms with E-state index < -0.39 is 0 Å². The monoisotopic (exact) mass is 480 g/mol. The van der Waals surface area contributed by atoms with Crippen molar-refractivity contribution in [3.05, 3.63) is 93.4 Å². The molecule has 0 spiro atoms. The molecule has 0 radical (unpaired) electrons. The van der Waals surface area contributed by atoms with Crippen LogP contribution >= 0.6 is 11.3 Å². The quantitative estimate of drug-likeness (QED) is 0.349. The number of carbonyl (C=O) groups excluding carboxylic acids is 2. The summed E-state index contributed by atoms with van der Waals surface area (Å²) in [5, 5.41) is 2.01. The highest BCUT2D eigenvalue weighted by Crippen LogP contribution is 2.24. The van der Waals surface area contributed by atoms with Gasteiger partial charge in [0.2, 0.25) is 11.8 Å². The van der Waals surface area contributed by atoms with E-state index in [1.165, 1.54) is 12.1 Å². The van der Waals surface area contributed by atoms with Crippen molar-refractivity contribution in [2.75, 3.05) is 6.54 Å². The van der Waals surface area contributed by atoms with Crippen LogP contribution in [0.2, 0.25) is 0 Å². The van der Waals surface area contributed by atoms with Gasteiger partial charge in [-0.3, -0.25) is 9.59 Å². The lowest BCUT2D eigenvalue weighted by molar-refractivity contribution is -0.143. The van der Waals surface area contributed by atoms with Gasteiger partial charge in [0.25, 0.3) is 0 Å². The molecule has 3 aromatic rings. The number of thiophene rings is 1. The number of carbonyl (C=O) groups is 2. The van der Waals surface area contributed by atoms with E-state index in [0.29, 0.717) is 19.5 Å². The van der Waals surface area contributed by atoms with Gasteiger partial charge in [-0.05, 0) is 67.5 Å². The van der Waals surface area contributed by atoms with Gasteiger partial charge >= 0.3 is 0 Å². The molecule has 1 aromatic heterocycles. The lowest BCUT2D eigenvalue weighted by Crippen LogP contribution is -2.47. The average molecular weight is 481 g/mol. The van der Waals surface area contributed by atoms with Gasteiger partial charge in [-0.25, -0.2) is 4.39 Å². The zero-order chi connectivity index (χ0) is 24.7. The SMILES string of the molecule is CC[C@@H](C(=O)N(CC(=O)N(Cc1ccc(F)cc1)Cc1sccc1C)C(C)C)c1ccccc1. The van der Waals surface area contributed by atoms with Gasteiger partial charge in [-0.15, -0.1) is 11.3 Å². The van der Waals surface area contributed by atoms with E-state index in [4.69, 9.17) is 0 Å². The van der Waals surface area contributed by atoms with Crippen molar-refractivity contribution in [2.24, 2.45) is 0 Å². The lowest BCUT2D eigenvalue weighted by Gasteiger charge is -2.32. The summed E-state index contributed by atoms with van der Waals surface area (Å²) in [4.78, 5) is 31.7. The molecule has 0 aliphatic rings. The lowest BCUT2D eigenvalue weighted by atomic mass is 9.94. The first-order valence-corrected chi connectivity index (χ1v) is 12.6. The molecule has 0 fully saturated rings. The first-order valence-electron chi connectivity index (χ1n) is 11.7. The van der Waals surface area contributed by atoms with E-state index in [1.807, 2.05) is 69.5 Å². The summed E-state index contributed by atoms with van der Waals surface area (Å²) in [5.74, 6) is -0.756. The zero-order valence-corrected chi connectivity index (χ0v) is 21.1. The van der Waals surface area contributed by atoms with E-state index in [0.717, 1.165) is 21.6 Å². The van der Waals surface area contributed by atoms with Crippen molar-refractivity contribution in [1.82, 2.24) is 9.80 Å². The zero-order valence-electron chi connectivity index (χ0n) is 20.3. The summed E-state index contributed by atoms with van der Waals surface area (Å²) in [6, 6.07) is 17.9. The minimum atomic E-state index is -0.307. The number of rotatable bonds is 10.